The van der Waals surface area contributed by atoms with E-state index in [4.69, 9.17) is 16.0 Å². The van der Waals surface area contributed by atoms with Crippen LogP contribution in [0.2, 0.25) is 5.02 Å². The lowest BCUT2D eigenvalue weighted by molar-refractivity contribution is -0.137. The number of rotatable bonds is 4. The minimum atomic E-state index is -4.46. The van der Waals surface area contributed by atoms with Gasteiger partial charge in [-0.25, -0.2) is 0 Å². The van der Waals surface area contributed by atoms with Gasteiger partial charge in [-0.15, -0.1) is 0 Å². The summed E-state index contributed by atoms with van der Waals surface area (Å²) in [5.74, 6) is 0.593. The number of alkyl halides is 3. The Morgan fingerprint density at radius 2 is 2.05 bits per heavy atom. The fourth-order valence-corrected chi connectivity index (χ4v) is 2.10. The molecule has 0 aliphatic rings. The zero-order valence-corrected chi connectivity index (χ0v) is 11.4. The van der Waals surface area contributed by atoms with Crippen LogP contribution in [-0.4, -0.2) is 0 Å². The largest absolute Gasteiger partial charge is 0.467 e. The molecule has 1 atom stereocenters. The van der Waals surface area contributed by atoms with Crippen molar-refractivity contribution in [3.05, 3.63) is 52.9 Å². The van der Waals surface area contributed by atoms with Gasteiger partial charge in [0.1, 0.15) is 5.76 Å². The highest BCUT2D eigenvalue weighted by Gasteiger charge is 2.34. The van der Waals surface area contributed by atoms with Crippen LogP contribution in [0.25, 0.3) is 0 Å². The molecule has 1 heterocycles. The molecule has 0 saturated carbocycles. The lowest BCUT2D eigenvalue weighted by Crippen LogP contribution is -2.14. The van der Waals surface area contributed by atoms with Crippen molar-refractivity contribution in [1.82, 2.24) is 0 Å². The van der Waals surface area contributed by atoms with Crippen molar-refractivity contribution >= 4 is 17.3 Å². The van der Waals surface area contributed by atoms with E-state index in [-0.39, 0.29) is 16.8 Å². The summed E-state index contributed by atoms with van der Waals surface area (Å²) in [7, 11) is 0. The molecule has 2 rings (SSSR count). The first-order valence-corrected chi connectivity index (χ1v) is 6.46. The summed E-state index contributed by atoms with van der Waals surface area (Å²) in [4.78, 5) is 0. The van der Waals surface area contributed by atoms with Gasteiger partial charge in [0.15, 0.2) is 0 Å². The van der Waals surface area contributed by atoms with Gasteiger partial charge >= 0.3 is 6.18 Å². The summed E-state index contributed by atoms with van der Waals surface area (Å²) in [5, 5.41) is 2.91. The molecule has 0 spiro atoms. The van der Waals surface area contributed by atoms with Crippen LogP contribution in [0.5, 0.6) is 0 Å². The Balaban J connectivity index is 2.33. The molecule has 0 radical (unpaired) electrons. The summed E-state index contributed by atoms with van der Waals surface area (Å²) in [6.07, 6.45) is -2.38. The van der Waals surface area contributed by atoms with Crippen LogP contribution >= 0.6 is 11.6 Å². The topological polar surface area (TPSA) is 25.2 Å². The highest BCUT2D eigenvalue weighted by molar-refractivity contribution is 6.30. The van der Waals surface area contributed by atoms with Crippen LogP contribution in [0, 0.1) is 0 Å². The summed E-state index contributed by atoms with van der Waals surface area (Å²) >= 11 is 5.65. The van der Waals surface area contributed by atoms with Crippen molar-refractivity contribution in [2.24, 2.45) is 0 Å². The monoisotopic (exact) mass is 303 g/mol. The number of furan rings is 1. The fourth-order valence-electron chi connectivity index (χ4n) is 1.93. The Hall–Kier alpha value is -1.62. The molecule has 20 heavy (non-hydrogen) atoms. The van der Waals surface area contributed by atoms with Crippen LogP contribution in [0.15, 0.2) is 41.0 Å². The van der Waals surface area contributed by atoms with Gasteiger partial charge in [0.2, 0.25) is 0 Å². The Kier molecular flexibility index (Phi) is 4.28. The van der Waals surface area contributed by atoms with Gasteiger partial charge in [-0.05, 0) is 36.8 Å². The highest BCUT2D eigenvalue weighted by Crippen LogP contribution is 2.38. The molecule has 0 amide bonds. The fraction of sp³-hybridized carbons (Fsp3) is 0.286. The number of nitrogens with one attached hydrogen (secondary N) is 1. The van der Waals surface area contributed by atoms with Crippen molar-refractivity contribution in [2.45, 2.75) is 25.6 Å². The predicted octanol–water partition coefficient (Wildman–Crippen LogP) is 5.52. The van der Waals surface area contributed by atoms with E-state index in [2.05, 4.69) is 5.32 Å². The molecule has 2 nitrogen and oxygen atoms in total. The third kappa shape index (κ3) is 3.28. The van der Waals surface area contributed by atoms with Crippen molar-refractivity contribution in [3.63, 3.8) is 0 Å². The first-order chi connectivity index (χ1) is 9.41. The Morgan fingerprint density at radius 3 is 2.60 bits per heavy atom. The van der Waals surface area contributed by atoms with Crippen molar-refractivity contribution in [1.29, 1.82) is 0 Å². The minimum Gasteiger partial charge on any atom is -0.467 e. The molecule has 0 fully saturated rings. The molecule has 1 aromatic heterocycles. The van der Waals surface area contributed by atoms with Crippen molar-refractivity contribution in [3.8, 4) is 0 Å². The summed E-state index contributed by atoms with van der Waals surface area (Å²) in [6, 6.07) is 6.77. The molecule has 6 heteroatoms. The van der Waals surface area contributed by atoms with Crippen LogP contribution in [0.4, 0.5) is 18.9 Å². The second-order valence-electron chi connectivity index (χ2n) is 4.31. The van der Waals surface area contributed by atoms with E-state index in [1.807, 2.05) is 6.92 Å². The molecular formula is C14H13ClF3NO. The maximum atomic E-state index is 13.0. The van der Waals surface area contributed by atoms with Gasteiger partial charge in [-0.3, -0.25) is 0 Å². The molecule has 1 N–H and O–H groups in total. The zero-order valence-electron chi connectivity index (χ0n) is 10.7. The normalized spacial score (nSPS) is 13.2. The van der Waals surface area contributed by atoms with Gasteiger partial charge in [0.05, 0.1) is 17.9 Å². The van der Waals surface area contributed by atoms with Crippen molar-refractivity contribution < 1.29 is 17.6 Å². The predicted molar refractivity (Wildman–Crippen MR) is 71.8 cm³/mol. The van der Waals surface area contributed by atoms with E-state index >= 15 is 0 Å². The number of hydrogen-bond acceptors (Lipinski definition) is 2. The Bertz CT molecular complexity index is 566. The number of halogens is 4. The molecule has 0 saturated heterocycles. The molecule has 0 aliphatic carbocycles. The van der Waals surface area contributed by atoms with Gasteiger partial charge in [0, 0.05) is 10.7 Å². The third-order valence-corrected chi connectivity index (χ3v) is 3.15. The highest BCUT2D eigenvalue weighted by atomic mass is 35.5. The molecule has 1 unspecified atom stereocenters. The van der Waals surface area contributed by atoms with E-state index in [9.17, 15) is 13.2 Å². The molecule has 1 aromatic carbocycles. The van der Waals surface area contributed by atoms with E-state index < -0.39 is 11.7 Å². The number of anilines is 1. The lowest BCUT2D eigenvalue weighted by Gasteiger charge is -2.20. The first kappa shape index (κ1) is 14.8. The number of hydrogen-bond donors (Lipinski definition) is 1. The average Bonchev–Trinajstić information content (AvgIpc) is 2.90. The molecular weight excluding hydrogens is 291 g/mol. The van der Waals surface area contributed by atoms with Gasteiger partial charge < -0.3 is 9.73 Å². The molecule has 0 aliphatic heterocycles. The van der Waals surface area contributed by atoms with Gasteiger partial charge in [-0.2, -0.15) is 13.2 Å². The summed E-state index contributed by atoms with van der Waals surface area (Å²) < 4.78 is 44.2. The van der Waals surface area contributed by atoms with E-state index in [1.54, 1.807) is 12.1 Å². The molecule has 2 aromatic rings. The number of benzene rings is 1. The van der Waals surface area contributed by atoms with E-state index in [0.717, 1.165) is 6.07 Å². The van der Waals surface area contributed by atoms with E-state index in [1.165, 1.54) is 18.4 Å². The maximum absolute atomic E-state index is 13.0. The van der Waals surface area contributed by atoms with Crippen LogP contribution in [0.1, 0.15) is 30.7 Å². The van der Waals surface area contributed by atoms with Crippen LogP contribution < -0.4 is 5.32 Å². The molecule has 0 bridgehead atoms. The average molecular weight is 304 g/mol. The minimum absolute atomic E-state index is 0.00912. The van der Waals surface area contributed by atoms with Crippen molar-refractivity contribution in [2.75, 3.05) is 5.32 Å². The second-order valence-corrected chi connectivity index (χ2v) is 4.74. The van der Waals surface area contributed by atoms with E-state index in [0.29, 0.717) is 12.2 Å². The SMILES string of the molecule is CCC(Nc1ccc(Cl)cc1C(F)(F)F)c1ccco1. The first-order valence-electron chi connectivity index (χ1n) is 6.08. The zero-order chi connectivity index (χ0) is 14.8. The quantitative estimate of drug-likeness (QED) is 0.805. The standard InChI is InChI=1S/C14H13ClF3NO/c1-2-11(13-4-3-7-20-13)19-12-6-5-9(15)8-10(12)14(16,17)18/h3-8,11,19H,2H2,1H3. The third-order valence-electron chi connectivity index (χ3n) is 2.91. The van der Waals surface area contributed by atoms with Gasteiger partial charge in [0.25, 0.3) is 0 Å². The Morgan fingerprint density at radius 1 is 1.30 bits per heavy atom. The maximum Gasteiger partial charge on any atom is 0.418 e. The lowest BCUT2D eigenvalue weighted by atomic mass is 10.1. The van der Waals surface area contributed by atoms with Gasteiger partial charge in [-0.1, -0.05) is 18.5 Å². The van der Waals surface area contributed by atoms with Crippen LogP contribution in [-0.2, 0) is 6.18 Å². The molecule has 108 valence electrons. The summed E-state index contributed by atoms with van der Waals surface area (Å²) in [6.45, 7) is 1.86. The second kappa shape index (κ2) is 5.79. The van der Waals surface area contributed by atoms with Crippen LogP contribution in [0.3, 0.4) is 0 Å². The smallest absolute Gasteiger partial charge is 0.418 e. The Labute approximate surface area is 119 Å². The summed E-state index contributed by atoms with van der Waals surface area (Å²) in [5.41, 5.74) is -0.792.